The molecule has 2 rings (SSSR count). The third-order valence-electron chi connectivity index (χ3n) is 3.98. The fourth-order valence-electron chi connectivity index (χ4n) is 2.65. The minimum atomic E-state index is -0.389. The maximum absolute atomic E-state index is 9.48. The molecule has 0 atom stereocenters. The molecule has 0 aromatic heterocycles. The summed E-state index contributed by atoms with van der Waals surface area (Å²) >= 11 is 5.87. The molecule has 2 nitrogen and oxygen atoms in total. The van der Waals surface area contributed by atoms with Crippen molar-refractivity contribution in [1.29, 1.82) is 5.26 Å². The Balaban J connectivity index is 2.06. The van der Waals surface area contributed by atoms with Crippen LogP contribution in [0.3, 0.4) is 0 Å². The van der Waals surface area contributed by atoms with Gasteiger partial charge in [-0.25, -0.2) is 0 Å². The zero-order valence-electron chi connectivity index (χ0n) is 10.7. The highest BCUT2D eigenvalue weighted by Gasteiger charge is 2.34. The van der Waals surface area contributed by atoms with E-state index in [1.54, 1.807) is 0 Å². The Hall–Kier alpha value is -1.20. The molecule has 0 heterocycles. The molecule has 1 saturated carbocycles. The van der Waals surface area contributed by atoms with Crippen LogP contribution in [0.1, 0.15) is 39.0 Å². The lowest BCUT2D eigenvalue weighted by Gasteiger charge is -2.36. The Bertz CT molecular complexity index is 425. The van der Waals surface area contributed by atoms with Crippen molar-refractivity contribution in [2.75, 3.05) is 5.32 Å². The second-order valence-electron chi connectivity index (χ2n) is 5.18. The van der Waals surface area contributed by atoms with Gasteiger partial charge in [-0.1, -0.05) is 24.9 Å². The summed E-state index contributed by atoms with van der Waals surface area (Å²) in [6.45, 7) is 2.23. The first-order valence-corrected chi connectivity index (χ1v) is 7.00. The number of nitrogens with one attached hydrogen (secondary N) is 1. The summed E-state index contributed by atoms with van der Waals surface area (Å²) in [5, 5.41) is 13.6. The second kappa shape index (κ2) is 5.63. The molecule has 1 aromatic rings. The molecule has 1 N–H and O–H groups in total. The van der Waals surface area contributed by atoms with Crippen molar-refractivity contribution in [2.24, 2.45) is 5.92 Å². The van der Waals surface area contributed by atoms with Crippen LogP contribution in [0.5, 0.6) is 0 Å². The SMILES string of the molecule is CCC1CCC(C#N)(Nc2ccc(Cl)cc2)CC1. The predicted molar refractivity (Wildman–Crippen MR) is 75.7 cm³/mol. The number of hydrogen-bond donors (Lipinski definition) is 1. The number of anilines is 1. The van der Waals surface area contributed by atoms with Gasteiger partial charge >= 0.3 is 0 Å². The van der Waals surface area contributed by atoms with Crippen molar-refractivity contribution in [2.45, 2.75) is 44.6 Å². The van der Waals surface area contributed by atoms with E-state index in [1.165, 1.54) is 6.42 Å². The summed E-state index contributed by atoms with van der Waals surface area (Å²) in [4.78, 5) is 0. The minimum Gasteiger partial charge on any atom is -0.367 e. The standard InChI is InChI=1S/C15H19ClN2/c1-2-12-7-9-15(11-17,10-8-12)18-14-5-3-13(16)4-6-14/h3-6,12,18H,2,7-10H2,1H3. The Kier molecular flexibility index (Phi) is 4.14. The summed E-state index contributed by atoms with van der Waals surface area (Å²) in [7, 11) is 0. The van der Waals surface area contributed by atoms with Crippen LogP contribution in [0.25, 0.3) is 0 Å². The first-order chi connectivity index (χ1) is 8.67. The van der Waals surface area contributed by atoms with Gasteiger partial charge in [-0.15, -0.1) is 0 Å². The Morgan fingerprint density at radius 3 is 2.44 bits per heavy atom. The van der Waals surface area contributed by atoms with E-state index in [2.05, 4.69) is 18.3 Å². The third-order valence-corrected chi connectivity index (χ3v) is 4.23. The highest BCUT2D eigenvalue weighted by molar-refractivity contribution is 6.30. The van der Waals surface area contributed by atoms with Crippen LogP contribution in [0.4, 0.5) is 5.69 Å². The topological polar surface area (TPSA) is 35.8 Å². The summed E-state index contributed by atoms with van der Waals surface area (Å²) in [5.41, 5.74) is 0.593. The van der Waals surface area contributed by atoms with Gasteiger partial charge in [0.05, 0.1) is 6.07 Å². The highest BCUT2D eigenvalue weighted by Crippen LogP contribution is 2.35. The van der Waals surface area contributed by atoms with Gasteiger partial charge in [0.2, 0.25) is 0 Å². The number of rotatable bonds is 3. The average Bonchev–Trinajstić information content (AvgIpc) is 2.42. The van der Waals surface area contributed by atoms with Gasteiger partial charge in [0, 0.05) is 10.7 Å². The van der Waals surface area contributed by atoms with Gasteiger partial charge < -0.3 is 5.32 Å². The maximum atomic E-state index is 9.48. The van der Waals surface area contributed by atoms with Gasteiger partial charge in [-0.05, 0) is 55.9 Å². The number of hydrogen-bond acceptors (Lipinski definition) is 2. The van der Waals surface area contributed by atoms with Crippen LogP contribution in [0.15, 0.2) is 24.3 Å². The van der Waals surface area contributed by atoms with E-state index in [4.69, 9.17) is 11.6 Å². The van der Waals surface area contributed by atoms with Crippen LogP contribution in [0.2, 0.25) is 5.02 Å². The van der Waals surface area contributed by atoms with Crippen LogP contribution < -0.4 is 5.32 Å². The van der Waals surface area contributed by atoms with Gasteiger partial charge in [-0.3, -0.25) is 0 Å². The highest BCUT2D eigenvalue weighted by atomic mass is 35.5. The molecule has 0 saturated heterocycles. The fourth-order valence-corrected chi connectivity index (χ4v) is 2.78. The summed E-state index contributed by atoms with van der Waals surface area (Å²) in [6, 6.07) is 10.1. The first kappa shape index (κ1) is 13.2. The van der Waals surface area contributed by atoms with Crippen molar-refractivity contribution < 1.29 is 0 Å². The Morgan fingerprint density at radius 1 is 1.33 bits per heavy atom. The van der Waals surface area contributed by atoms with E-state index < -0.39 is 0 Å². The lowest BCUT2D eigenvalue weighted by Crippen LogP contribution is -2.40. The number of nitriles is 1. The zero-order chi connectivity index (χ0) is 13.0. The monoisotopic (exact) mass is 262 g/mol. The van der Waals surface area contributed by atoms with Crippen LogP contribution in [0, 0.1) is 17.2 Å². The second-order valence-corrected chi connectivity index (χ2v) is 5.61. The fraction of sp³-hybridized carbons (Fsp3) is 0.533. The summed E-state index contributed by atoms with van der Waals surface area (Å²) in [5.74, 6) is 0.790. The van der Waals surface area contributed by atoms with Gasteiger partial charge in [0.15, 0.2) is 0 Å². The number of benzene rings is 1. The number of halogens is 1. The molecule has 0 bridgehead atoms. The van der Waals surface area contributed by atoms with E-state index >= 15 is 0 Å². The molecule has 0 unspecified atom stereocenters. The quantitative estimate of drug-likeness (QED) is 0.863. The number of nitrogens with zero attached hydrogens (tertiary/aromatic N) is 1. The molecule has 96 valence electrons. The van der Waals surface area contributed by atoms with E-state index in [1.807, 2.05) is 24.3 Å². The molecule has 0 radical (unpaired) electrons. The van der Waals surface area contributed by atoms with Gasteiger partial charge in [-0.2, -0.15) is 5.26 Å². The van der Waals surface area contributed by atoms with E-state index in [0.29, 0.717) is 0 Å². The van der Waals surface area contributed by atoms with Crippen molar-refractivity contribution in [3.8, 4) is 6.07 Å². The Labute approximate surface area is 114 Å². The third kappa shape index (κ3) is 2.97. The van der Waals surface area contributed by atoms with Crippen molar-refractivity contribution >= 4 is 17.3 Å². The molecule has 3 heteroatoms. The molecule has 1 aromatic carbocycles. The van der Waals surface area contributed by atoms with Crippen LogP contribution in [-0.4, -0.2) is 5.54 Å². The molecule has 0 aliphatic heterocycles. The normalized spacial score (nSPS) is 27.5. The molecule has 1 fully saturated rings. The average molecular weight is 263 g/mol. The zero-order valence-corrected chi connectivity index (χ0v) is 11.5. The molecular formula is C15H19ClN2. The van der Waals surface area contributed by atoms with Crippen LogP contribution >= 0.6 is 11.6 Å². The summed E-state index contributed by atoms with van der Waals surface area (Å²) in [6.07, 6.45) is 5.38. The Morgan fingerprint density at radius 2 is 1.94 bits per heavy atom. The summed E-state index contributed by atoms with van der Waals surface area (Å²) < 4.78 is 0. The van der Waals surface area contributed by atoms with Gasteiger partial charge in [0.25, 0.3) is 0 Å². The van der Waals surface area contributed by atoms with Crippen molar-refractivity contribution in [3.63, 3.8) is 0 Å². The van der Waals surface area contributed by atoms with Gasteiger partial charge in [0.1, 0.15) is 5.54 Å². The maximum Gasteiger partial charge on any atom is 0.125 e. The molecule has 1 aliphatic carbocycles. The molecule has 0 amide bonds. The van der Waals surface area contributed by atoms with Crippen LogP contribution in [-0.2, 0) is 0 Å². The largest absolute Gasteiger partial charge is 0.367 e. The van der Waals surface area contributed by atoms with E-state index in [-0.39, 0.29) is 5.54 Å². The lowest BCUT2D eigenvalue weighted by molar-refractivity contribution is 0.290. The van der Waals surface area contributed by atoms with Crippen molar-refractivity contribution in [3.05, 3.63) is 29.3 Å². The van der Waals surface area contributed by atoms with Crippen molar-refractivity contribution in [1.82, 2.24) is 0 Å². The lowest BCUT2D eigenvalue weighted by atomic mass is 9.76. The first-order valence-electron chi connectivity index (χ1n) is 6.62. The molecular weight excluding hydrogens is 244 g/mol. The molecule has 0 spiro atoms. The van der Waals surface area contributed by atoms with E-state index in [9.17, 15) is 5.26 Å². The minimum absolute atomic E-state index is 0.389. The smallest absolute Gasteiger partial charge is 0.125 e. The molecule has 18 heavy (non-hydrogen) atoms. The van der Waals surface area contributed by atoms with E-state index in [0.717, 1.165) is 42.3 Å². The predicted octanol–water partition coefficient (Wildman–Crippen LogP) is 4.61. The molecule has 1 aliphatic rings.